The molecule has 1 amide bonds. The summed E-state index contributed by atoms with van der Waals surface area (Å²) < 4.78 is 0. The third-order valence-electron chi connectivity index (χ3n) is 1.70. The molecule has 1 aromatic rings. The number of nitrogen functional groups attached to an aromatic ring is 1. The van der Waals surface area contributed by atoms with Gasteiger partial charge >= 0.3 is 0 Å². The molecule has 3 N–H and O–H groups in total. The van der Waals surface area contributed by atoms with Crippen LogP contribution in [0.15, 0.2) is 12.3 Å². The van der Waals surface area contributed by atoms with Gasteiger partial charge in [-0.15, -0.1) is 0 Å². The van der Waals surface area contributed by atoms with Crippen molar-refractivity contribution in [2.75, 3.05) is 11.1 Å². The molecule has 0 saturated heterocycles. The summed E-state index contributed by atoms with van der Waals surface area (Å²) in [7, 11) is 0. The van der Waals surface area contributed by atoms with Crippen LogP contribution in [0.5, 0.6) is 0 Å². The second kappa shape index (κ2) is 1.95. The van der Waals surface area contributed by atoms with E-state index >= 15 is 0 Å². The number of pyridine rings is 1. The molecule has 1 aliphatic heterocycles. The van der Waals surface area contributed by atoms with Crippen molar-refractivity contribution in [2.24, 2.45) is 0 Å². The Morgan fingerprint density at radius 1 is 1.64 bits per heavy atom. The first-order valence-corrected chi connectivity index (χ1v) is 3.30. The van der Waals surface area contributed by atoms with E-state index in [4.69, 9.17) is 5.73 Å². The second-order valence-electron chi connectivity index (χ2n) is 2.45. The van der Waals surface area contributed by atoms with Gasteiger partial charge in [0.2, 0.25) is 5.91 Å². The van der Waals surface area contributed by atoms with E-state index in [9.17, 15) is 4.79 Å². The van der Waals surface area contributed by atoms with Crippen molar-refractivity contribution < 1.29 is 4.79 Å². The van der Waals surface area contributed by atoms with Gasteiger partial charge in [0.15, 0.2) is 0 Å². The van der Waals surface area contributed by atoms with E-state index in [1.807, 2.05) is 0 Å². The van der Waals surface area contributed by atoms with Crippen molar-refractivity contribution >= 4 is 17.4 Å². The van der Waals surface area contributed by atoms with E-state index in [2.05, 4.69) is 10.3 Å². The molecule has 0 aromatic carbocycles. The molecule has 11 heavy (non-hydrogen) atoms. The second-order valence-corrected chi connectivity index (χ2v) is 2.45. The fourth-order valence-corrected chi connectivity index (χ4v) is 1.17. The molecule has 0 bridgehead atoms. The summed E-state index contributed by atoms with van der Waals surface area (Å²) >= 11 is 0. The maximum atomic E-state index is 10.9. The molecule has 1 aromatic heterocycles. The molecule has 56 valence electrons. The molecular formula is C7H7N3O. The molecule has 0 saturated carbocycles. The van der Waals surface area contributed by atoms with E-state index in [1.165, 1.54) is 0 Å². The van der Waals surface area contributed by atoms with Crippen molar-refractivity contribution in [3.63, 3.8) is 0 Å². The molecule has 0 spiro atoms. The Morgan fingerprint density at radius 3 is 3.18 bits per heavy atom. The van der Waals surface area contributed by atoms with Gasteiger partial charge in [0.05, 0.1) is 6.42 Å². The SMILES string of the molecule is Nc1nccc2c1CC(=O)N2. The highest BCUT2D eigenvalue weighted by atomic mass is 16.1. The third-order valence-corrected chi connectivity index (χ3v) is 1.70. The largest absolute Gasteiger partial charge is 0.383 e. The van der Waals surface area contributed by atoms with Crippen molar-refractivity contribution in [1.29, 1.82) is 0 Å². The zero-order valence-electron chi connectivity index (χ0n) is 5.79. The monoisotopic (exact) mass is 149 g/mol. The number of hydrogen-bond donors (Lipinski definition) is 2. The summed E-state index contributed by atoms with van der Waals surface area (Å²) in [5.41, 5.74) is 7.14. The molecular weight excluding hydrogens is 142 g/mol. The predicted octanol–water partition coefficient (Wildman–Crippen LogP) is 0.158. The maximum Gasteiger partial charge on any atom is 0.229 e. The van der Waals surface area contributed by atoms with Crippen LogP contribution in [0.3, 0.4) is 0 Å². The highest BCUT2D eigenvalue weighted by Crippen LogP contribution is 2.25. The number of carbonyl (C=O) groups excluding carboxylic acids is 1. The standard InChI is InChI=1S/C7H7N3O/c8-7-4-3-6(11)10-5(4)1-2-9-7/h1-2H,3H2,(H2,8,9)(H,10,11). The minimum absolute atomic E-state index is 0.0142. The van der Waals surface area contributed by atoms with E-state index in [0.29, 0.717) is 12.2 Å². The summed E-state index contributed by atoms with van der Waals surface area (Å²) in [5.74, 6) is 0.431. The van der Waals surface area contributed by atoms with Crippen LogP contribution >= 0.6 is 0 Å². The molecule has 0 aliphatic carbocycles. The molecule has 4 nitrogen and oxygen atoms in total. The van der Waals surface area contributed by atoms with Crippen molar-refractivity contribution in [3.05, 3.63) is 17.8 Å². The first-order valence-electron chi connectivity index (χ1n) is 3.30. The Bertz CT molecular complexity index is 321. The highest BCUT2D eigenvalue weighted by molar-refractivity contribution is 6.00. The van der Waals surface area contributed by atoms with Crippen LogP contribution in [0, 0.1) is 0 Å². The number of anilines is 2. The number of aromatic nitrogens is 1. The quantitative estimate of drug-likeness (QED) is 0.552. The average molecular weight is 149 g/mol. The predicted molar refractivity (Wildman–Crippen MR) is 41.0 cm³/mol. The van der Waals surface area contributed by atoms with Gasteiger partial charge in [0.1, 0.15) is 5.82 Å². The highest BCUT2D eigenvalue weighted by Gasteiger charge is 2.19. The maximum absolute atomic E-state index is 10.9. The molecule has 2 rings (SSSR count). The van der Waals surface area contributed by atoms with Crippen molar-refractivity contribution in [3.8, 4) is 0 Å². The first-order chi connectivity index (χ1) is 5.27. The lowest BCUT2D eigenvalue weighted by Crippen LogP contribution is -2.03. The summed E-state index contributed by atoms with van der Waals surface area (Å²) in [6.45, 7) is 0. The van der Waals surface area contributed by atoms with Crippen LogP contribution in [0.1, 0.15) is 5.56 Å². The number of nitrogens with zero attached hydrogens (tertiary/aromatic N) is 1. The zero-order valence-corrected chi connectivity index (χ0v) is 5.79. The Morgan fingerprint density at radius 2 is 2.45 bits per heavy atom. The minimum atomic E-state index is -0.0142. The topological polar surface area (TPSA) is 68.0 Å². The van der Waals surface area contributed by atoms with Crippen LogP contribution in [-0.4, -0.2) is 10.9 Å². The summed E-state index contributed by atoms with van der Waals surface area (Å²) in [5, 5.41) is 2.68. The lowest BCUT2D eigenvalue weighted by Gasteiger charge is -1.98. The zero-order chi connectivity index (χ0) is 7.84. The van der Waals surface area contributed by atoms with Gasteiger partial charge in [-0.2, -0.15) is 0 Å². The number of fused-ring (bicyclic) bond motifs is 1. The number of rotatable bonds is 0. The van der Waals surface area contributed by atoms with Crippen LogP contribution in [-0.2, 0) is 11.2 Å². The lowest BCUT2D eigenvalue weighted by molar-refractivity contribution is -0.115. The van der Waals surface area contributed by atoms with Crippen LogP contribution in [0.2, 0.25) is 0 Å². The number of amides is 1. The summed E-state index contributed by atoms with van der Waals surface area (Å²) in [6, 6.07) is 1.75. The summed E-state index contributed by atoms with van der Waals surface area (Å²) in [4.78, 5) is 14.7. The van der Waals surface area contributed by atoms with E-state index in [-0.39, 0.29) is 5.91 Å². The number of carbonyl (C=O) groups is 1. The smallest absolute Gasteiger partial charge is 0.229 e. The fourth-order valence-electron chi connectivity index (χ4n) is 1.17. The molecule has 0 unspecified atom stereocenters. The van der Waals surface area contributed by atoms with Crippen LogP contribution in [0.25, 0.3) is 0 Å². The minimum Gasteiger partial charge on any atom is -0.383 e. The van der Waals surface area contributed by atoms with Crippen LogP contribution < -0.4 is 11.1 Å². The fraction of sp³-hybridized carbons (Fsp3) is 0.143. The van der Waals surface area contributed by atoms with Gasteiger partial charge in [0, 0.05) is 17.4 Å². The molecule has 0 radical (unpaired) electrons. The van der Waals surface area contributed by atoms with E-state index in [1.54, 1.807) is 12.3 Å². The molecule has 0 atom stereocenters. The number of nitrogens with one attached hydrogen (secondary N) is 1. The van der Waals surface area contributed by atoms with Crippen LogP contribution in [0.4, 0.5) is 11.5 Å². The third kappa shape index (κ3) is 0.832. The molecule has 0 fully saturated rings. The van der Waals surface area contributed by atoms with Crippen molar-refractivity contribution in [2.45, 2.75) is 6.42 Å². The lowest BCUT2D eigenvalue weighted by atomic mass is 10.2. The Hall–Kier alpha value is -1.58. The van der Waals surface area contributed by atoms with Gasteiger partial charge in [-0.25, -0.2) is 4.98 Å². The average Bonchev–Trinajstić information content (AvgIpc) is 2.31. The normalized spacial score (nSPS) is 14.4. The number of hydrogen-bond acceptors (Lipinski definition) is 3. The van der Waals surface area contributed by atoms with E-state index < -0.39 is 0 Å². The molecule has 2 heterocycles. The molecule has 4 heteroatoms. The van der Waals surface area contributed by atoms with Gasteiger partial charge in [-0.1, -0.05) is 0 Å². The van der Waals surface area contributed by atoms with Gasteiger partial charge < -0.3 is 11.1 Å². The Balaban J connectivity index is 2.57. The Kier molecular flexibility index (Phi) is 1.09. The van der Waals surface area contributed by atoms with E-state index in [0.717, 1.165) is 11.3 Å². The first kappa shape index (κ1) is 6.15. The van der Waals surface area contributed by atoms with Gasteiger partial charge in [-0.3, -0.25) is 4.79 Å². The van der Waals surface area contributed by atoms with Crippen molar-refractivity contribution in [1.82, 2.24) is 4.98 Å². The van der Waals surface area contributed by atoms with Gasteiger partial charge in [-0.05, 0) is 6.07 Å². The Labute approximate surface area is 63.4 Å². The number of nitrogens with two attached hydrogens (primary N) is 1. The molecule has 1 aliphatic rings. The van der Waals surface area contributed by atoms with Gasteiger partial charge in [0.25, 0.3) is 0 Å². The summed E-state index contributed by atoms with van der Waals surface area (Å²) in [6.07, 6.45) is 1.94.